The van der Waals surface area contributed by atoms with Crippen LogP contribution in [0.25, 0.3) is 0 Å². The van der Waals surface area contributed by atoms with Gasteiger partial charge in [-0.05, 0) is 29.4 Å². The van der Waals surface area contributed by atoms with Crippen molar-refractivity contribution in [2.45, 2.75) is 59.3 Å². The van der Waals surface area contributed by atoms with Crippen LogP contribution in [0.3, 0.4) is 0 Å². The van der Waals surface area contributed by atoms with Gasteiger partial charge in [0.25, 0.3) is 0 Å². The number of esters is 1. The summed E-state index contributed by atoms with van der Waals surface area (Å²) in [5.41, 5.74) is 2.48. The van der Waals surface area contributed by atoms with Crippen LogP contribution in [0.1, 0.15) is 70.0 Å². The van der Waals surface area contributed by atoms with E-state index < -0.39 is 0 Å². The largest absolute Gasteiger partial charge is 0.496 e. The number of rotatable bonds is 3. The molecule has 3 nitrogen and oxygen atoms in total. The number of benzene rings is 1. The summed E-state index contributed by atoms with van der Waals surface area (Å²) in [4.78, 5) is 12.3. The quantitative estimate of drug-likeness (QED) is 0.771. The molecule has 0 bridgehead atoms. The van der Waals surface area contributed by atoms with Gasteiger partial charge in [-0.3, -0.25) is 0 Å². The van der Waals surface area contributed by atoms with E-state index in [2.05, 4.69) is 47.6 Å². The Morgan fingerprint density at radius 3 is 2.00 bits per heavy atom. The highest BCUT2D eigenvalue weighted by molar-refractivity contribution is 5.93. The Balaban J connectivity index is 3.64. The van der Waals surface area contributed by atoms with Crippen LogP contribution in [0.15, 0.2) is 12.1 Å². The number of carbonyl (C=O) groups excluding carboxylic acids is 1. The van der Waals surface area contributed by atoms with Crippen LogP contribution in [-0.4, -0.2) is 19.7 Å². The summed E-state index contributed by atoms with van der Waals surface area (Å²) in [6.45, 7) is 14.9. The minimum absolute atomic E-state index is 0.0481. The molecule has 0 heterocycles. The minimum Gasteiger partial charge on any atom is -0.496 e. The van der Waals surface area contributed by atoms with Gasteiger partial charge in [0.05, 0.1) is 13.7 Å². The zero-order valence-electron chi connectivity index (χ0n) is 14.6. The van der Waals surface area contributed by atoms with Gasteiger partial charge < -0.3 is 9.47 Å². The van der Waals surface area contributed by atoms with Gasteiger partial charge in [0.15, 0.2) is 0 Å². The number of methoxy groups -OCH3 is 1. The van der Waals surface area contributed by atoms with Crippen molar-refractivity contribution in [3.8, 4) is 5.75 Å². The predicted molar refractivity (Wildman–Crippen MR) is 86.4 cm³/mol. The Morgan fingerprint density at radius 1 is 1.05 bits per heavy atom. The Bertz CT molecular complexity index is 516. The molecule has 0 fully saturated rings. The average molecular weight is 292 g/mol. The van der Waals surface area contributed by atoms with E-state index in [1.54, 1.807) is 7.11 Å². The monoisotopic (exact) mass is 292 g/mol. The fraction of sp³-hybridized carbons (Fsp3) is 0.611. The van der Waals surface area contributed by atoms with Gasteiger partial charge in [-0.25, -0.2) is 4.79 Å². The first-order chi connectivity index (χ1) is 9.52. The molecule has 0 aliphatic carbocycles. The molecule has 0 unspecified atom stereocenters. The van der Waals surface area contributed by atoms with E-state index >= 15 is 0 Å². The van der Waals surface area contributed by atoms with Crippen molar-refractivity contribution < 1.29 is 14.3 Å². The molecule has 0 aliphatic rings. The van der Waals surface area contributed by atoms with E-state index in [0.717, 1.165) is 11.1 Å². The van der Waals surface area contributed by atoms with Crippen molar-refractivity contribution in [2.75, 3.05) is 13.7 Å². The Hall–Kier alpha value is -1.51. The lowest BCUT2D eigenvalue weighted by molar-refractivity contribution is 0.0522. The number of ether oxygens (including phenoxy) is 2. The second kappa shape index (κ2) is 6.08. The van der Waals surface area contributed by atoms with E-state index in [9.17, 15) is 4.79 Å². The summed E-state index contributed by atoms with van der Waals surface area (Å²) < 4.78 is 10.7. The Kier molecular flexibility index (Phi) is 5.08. The van der Waals surface area contributed by atoms with Gasteiger partial charge in [0.2, 0.25) is 0 Å². The molecule has 0 atom stereocenters. The van der Waals surface area contributed by atoms with Crippen LogP contribution in [0.4, 0.5) is 0 Å². The van der Waals surface area contributed by atoms with Gasteiger partial charge in [-0.2, -0.15) is 0 Å². The molecule has 0 aromatic heterocycles. The van der Waals surface area contributed by atoms with Gasteiger partial charge >= 0.3 is 5.97 Å². The third-order valence-electron chi connectivity index (χ3n) is 3.46. The molecule has 0 spiro atoms. The highest BCUT2D eigenvalue weighted by atomic mass is 16.5. The molecule has 21 heavy (non-hydrogen) atoms. The molecule has 1 aromatic rings. The summed E-state index contributed by atoms with van der Waals surface area (Å²) in [7, 11) is 1.60. The molecule has 3 heteroatoms. The topological polar surface area (TPSA) is 35.5 Å². The van der Waals surface area contributed by atoms with Crippen molar-refractivity contribution in [3.63, 3.8) is 0 Å². The Morgan fingerprint density at radius 2 is 1.62 bits per heavy atom. The van der Waals surface area contributed by atoms with Gasteiger partial charge in [0.1, 0.15) is 11.3 Å². The number of hydrogen-bond donors (Lipinski definition) is 0. The first-order valence-electron chi connectivity index (χ1n) is 7.42. The maximum Gasteiger partial charge on any atom is 0.341 e. The van der Waals surface area contributed by atoms with E-state index in [1.165, 1.54) is 0 Å². The lowest BCUT2D eigenvalue weighted by Crippen LogP contribution is -2.20. The molecule has 0 N–H and O–H groups in total. The maximum absolute atomic E-state index is 12.3. The second-order valence-corrected chi connectivity index (χ2v) is 7.33. The number of hydrogen-bond acceptors (Lipinski definition) is 3. The molecular formula is C18H28O3. The van der Waals surface area contributed by atoms with E-state index in [1.807, 2.05) is 13.0 Å². The van der Waals surface area contributed by atoms with Crippen LogP contribution in [0.5, 0.6) is 5.75 Å². The number of carbonyl (C=O) groups is 1. The van der Waals surface area contributed by atoms with E-state index in [4.69, 9.17) is 9.47 Å². The van der Waals surface area contributed by atoms with Crippen LogP contribution >= 0.6 is 0 Å². The molecule has 1 rings (SSSR count). The first kappa shape index (κ1) is 17.5. The standard InChI is InChI=1S/C18H28O3/c1-9-21-16(19)13-10-12(17(2,3)4)11-14(15(13)20-8)18(5,6)7/h10-11H,9H2,1-8H3. The van der Waals surface area contributed by atoms with Crippen molar-refractivity contribution >= 4 is 5.97 Å². The fourth-order valence-electron chi connectivity index (χ4n) is 2.20. The summed E-state index contributed by atoms with van der Waals surface area (Å²) >= 11 is 0. The maximum atomic E-state index is 12.3. The summed E-state index contributed by atoms with van der Waals surface area (Å²) in [5.74, 6) is 0.292. The molecule has 0 saturated carbocycles. The molecule has 0 radical (unpaired) electrons. The SMILES string of the molecule is CCOC(=O)c1cc(C(C)(C)C)cc(C(C)(C)C)c1OC. The van der Waals surface area contributed by atoms with Crippen molar-refractivity contribution in [1.29, 1.82) is 0 Å². The first-order valence-corrected chi connectivity index (χ1v) is 7.42. The molecular weight excluding hydrogens is 264 g/mol. The van der Waals surface area contributed by atoms with Crippen LogP contribution in [0, 0.1) is 0 Å². The molecule has 1 aromatic carbocycles. The van der Waals surface area contributed by atoms with Crippen molar-refractivity contribution in [2.24, 2.45) is 0 Å². The second-order valence-electron chi connectivity index (χ2n) is 7.33. The van der Waals surface area contributed by atoms with E-state index in [-0.39, 0.29) is 16.8 Å². The third kappa shape index (κ3) is 3.99. The smallest absolute Gasteiger partial charge is 0.341 e. The van der Waals surface area contributed by atoms with Crippen LogP contribution < -0.4 is 4.74 Å². The molecule has 0 amide bonds. The lowest BCUT2D eigenvalue weighted by Gasteiger charge is -2.28. The van der Waals surface area contributed by atoms with Gasteiger partial charge in [0, 0.05) is 5.56 Å². The highest BCUT2D eigenvalue weighted by Gasteiger charge is 2.28. The van der Waals surface area contributed by atoms with Gasteiger partial charge in [-0.15, -0.1) is 0 Å². The molecule has 0 saturated heterocycles. The zero-order valence-corrected chi connectivity index (χ0v) is 14.6. The average Bonchev–Trinajstić information content (AvgIpc) is 2.35. The van der Waals surface area contributed by atoms with Crippen LogP contribution in [0.2, 0.25) is 0 Å². The summed E-state index contributed by atoms with van der Waals surface area (Å²) in [6, 6.07) is 4.04. The van der Waals surface area contributed by atoms with Gasteiger partial charge in [-0.1, -0.05) is 47.6 Å². The van der Waals surface area contributed by atoms with Crippen molar-refractivity contribution in [1.82, 2.24) is 0 Å². The minimum atomic E-state index is -0.328. The molecule has 0 aliphatic heterocycles. The van der Waals surface area contributed by atoms with Crippen LogP contribution in [-0.2, 0) is 15.6 Å². The predicted octanol–water partition coefficient (Wildman–Crippen LogP) is 4.47. The van der Waals surface area contributed by atoms with E-state index in [0.29, 0.717) is 17.9 Å². The molecule has 118 valence electrons. The summed E-state index contributed by atoms with van der Waals surface area (Å²) in [6.07, 6.45) is 0. The Labute approximate surface area is 128 Å². The highest BCUT2D eigenvalue weighted by Crippen LogP contribution is 2.38. The normalized spacial score (nSPS) is 12.2. The fourth-order valence-corrected chi connectivity index (χ4v) is 2.20. The summed E-state index contributed by atoms with van der Waals surface area (Å²) in [5, 5.41) is 0. The van der Waals surface area contributed by atoms with Crippen molar-refractivity contribution in [3.05, 3.63) is 28.8 Å². The lowest BCUT2D eigenvalue weighted by atomic mass is 9.79. The third-order valence-corrected chi connectivity index (χ3v) is 3.46. The zero-order chi connectivity index (χ0) is 16.4.